The third kappa shape index (κ3) is 3.49. The second-order valence-electron chi connectivity index (χ2n) is 6.92. The van der Waals surface area contributed by atoms with E-state index in [4.69, 9.17) is 0 Å². The zero-order valence-corrected chi connectivity index (χ0v) is 15.7. The van der Waals surface area contributed by atoms with Gasteiger partial charge in [-0.1, -0.05) is 0 Å². The summed E-state index contributed by atoms with van der Waals surface area (Å²) < 4.78 is 5.79. The monoisotopic (exact) mass is 368 g/mol. The smallest absolute Gasteiger partial charge is 0.274 e. The summed E-state index contributed by atoms with van der Waals surface area (Å²) in [5.41, 5.74) is 0.510. The molecule has 1 aliphatic heterocycles. The number of aryl methyl sites for hydroxylation is 1. The molecule has 4 rings (SSSR count). The lowest BCUT2D eigenvalue weighted by molar-refractivity contribution is 0.0696. The van der Waals surface area contributed by atoms with Gasteiger partial charge in [-0.15, -0.1) is 10.2 Å². The van der Waals surface area contributed by atoms with Crippen molar-refractivity contribution >= 4 is 5.91 Å². The number of imidazole rings is 1. The molecular weight excluding hydrogens is 344 g/mol. The fraction of sp³-hybridized carbons (Fsp3) is 0.500. The summed E-state index contributed by atoms with van der Waals surface area (Å²) in [5.74, 6) is 1.99. The lowest BCUT2D eigenvalue weighted by Crippen LogP contribution is -2.40. The summed E-state index contributed by atoms with van der Waals surface area (Å²) >= 11 is 0. The quantitative estimate of drug-likeness (QED) is 0.677. The van der Waals surface area contributed by atoms with Crippen LogP contribution in [-0.4, -0.2) is 58.0 Å². The van der Waals surface area contributed by atoms with Crippen molar-refractivity contribution in [1.29, 1.82) is 0 Å². The molecule has 0 spiro atoms. The Balaban J connectivity index is 1.48. The molecule has 0 radical (unpaired) electrons. The highest BCUT2D eigenvalue weighted by molar-refractivity contribution is 5.92. The van der Waals surface area contributed by atoms with Gasteiger partial charge in [0.15, 0.2) is 5.82 Å². The summed E-state index contributed by atoms with van der Waals surface area (Å²) in [4.78, 5) is 18.8. The molecule has 1 aliphatic rings. The fourth-order valence-corrected chi connectivity index (χ4v) is 3.60. The van der Waals surface area contributed by atoms with E-state index < -0.39 is 0 Å². The van der Waals surface area contributed by atoms with Crippen molar-refractivity contribution in [2.45, 2.75) is 38.8 Å². The van der Waals surface area contributed by atoms with Gasteiger partial charge in [-0.2, -0.15) is 5.10 Å². The number of carbonyl (C=O) groups excluding carboxylic acids is 1. The molecule has 0 aliphatic carbocycles. The number of hydrogen-bond acceptors (Lipinski definition) is 5. The maximum atomic E-state index is 12.8. The van der Waals surface area contributed by atoms with Gasteiger partial charge in [0.05, 0.1) is 12.9 Å². The average molecular weight is 368 g/mol. The van der Waals surface area contributed by atoms with Crippen LogP contribution in [0.2, 0.25) is 0 Å². The van der Waals surface area contributed by atoms with Gasteiger partial charge in [-0.3, -0.25) is 9.48 Å². The van der Waals surface area contributed by atoms with Crippen molar-refractivity contribution < 1.29 is 4.79 Å². The summed E-state index contributed by atoms with van der Waals surface area (Å²) in [5, 5.41) is 13.1. The molecule has 0 bridgehead atoms. The van der Waals surface area contributed by atoms with Gasteiger partial charge in [-0.05, 0) is 25.8 Å². The molecule has 0 unspecified atom stereocenters. The lowest BCUT2D eigenvalue weighted by Gasteiger charge is -2.31. The number of aromatic nitrogens is 7. The fourth-order valence-electron chi connectivity index (χ4n) is 3.60. The van der Waals surface area contributed by atoms with Gasteiger partial charge in [0.2, 0.25) is 0 Å². The van der Waals surface area contributed by atoms with Crippen LogP contribution in [0.15, 0.2) is 31.0 Å². The van der Waals surface area contributed by atoms with E-state index in [0.29, 0.717) is 18.8 Å². The average Bonchev–Trinajstić information content (AvgIpc) is 3.44. The zero-order valence-electron chi connectivity index (χ0n) is 15.7. The first kappa shape index (κ1) is 17.4. The summed E-state index contributed by atoms with van der Waals surface area (Å²) in [6.07, 6.45) is 9.23. The first-order chi connectivity index (χ1) is 13.2. The van der Waals surface area contributed by atoms with Gasteiger partial charge in [0, 0.05) is 51.2 Å². The number of nitrogens with zero attached hydrogens (tertiary/aromatic N) is 8. The van der Waals surface area contributed by atoms with Gasteiger partial charge < -0.3 is 14.0 Å². The van der Waals surface area contributed by atoms with Crippen LogP contribution in [0, 0.1) is 0 Å². The molecule has 1 amide bonds. The van der Waals surface area contributed by atoms with E-state index >= 15 is 0 Å². The van der Waals surface area contributed by atoms with Crippen LogP contribution in [0.1, 0.15) is 47.8 Å². The second kappa shape index (κ2) is 7.34. The molecule has 1 atom stereocenters. The van der Waals surface area contributed by atoms with Gasteiger partial charge in [-0.25, -0.2) is 4.98 Å². The predicted octanol–water partition coefficient (Wildman–Crippen LogP) is 1.30. The number of carbonyl (C=O) groups is 1. The van der Waals surface area contributed by atoms with Gasteiger partial charge in [0.25, 0.3) is 5.91 Å². The molecule has 142 valence electrons. The molecular formula is C18H24N8O. The Kier molecular flexibility index (Phi) is 4.74. The summed E-state index contributed by atoms with van der Waals surface area (Å²) in [7, 11) is 1.99. The molecule has 9 heteroatoms. The Morgan fingerprint density at radius 2 is 2.19 bits per heavy atom. The number of rotatable bonds is 5. The minimum absolute atomic E-state index is 0.00675. The zero-order chi connectivity index (χ0) is 18.8. The van der Waals surface area contributed by atoms with Crippen molar-refractivity contribution in [3.8, 4) is 0 Å². The Morgan fingerprint density at radius 1 is 1.30 bits per heavy atom. The third-order valence-electron chi connectivity index (χ3n) is 5.14. The normalized spacial score (nSPS) is 17.4. The van der Waals surface area contributed by atoms with Crippen LogP contribution in [-0.2, 0) is 20.1 Å². The maximum Gasteiger partial charge on any atom is 0.274 e. The van der Waals surface area contributed by atoms with Crippen molar-refractivity contribution in [2.75, 3.05) is 13.1 Å². The van der Waals surface area contributed by atoms with Crippen molar-refractivity contribution in [3.05, 3.63) is 48.3 Å². The molecule has 0 N–H and O–H groups in total. The van der Waals surface area contributed by atoms with E-state index in [0.717, 1.165) is 37.6 Å². The highest BCUT2D eigenvalue weighted by Gasteiger charge is 2.29. The standard InChI is InChI=1S/C18H24N8O/c1-3-26-9-6-15(22-26)18(27)25-8-4-5-14(11-25)17-21-20-16(23(17)2)12-24-10-7-19-13-24/h6-7,9-10,13-14H,3-5,8,11-12H2,1-2H3/t14-/m1/s1. The molecule has 3 aromatic rings. The minimum Gasteiger partial charge on any atom is -0.337 e. The second-order valence-corrected chi connectivity index (χ2v) is 6.92. The largest absolute Gasteiger partial charge is 0.337 e. The van der Waals surface area contributed by atoms with E-state index in [1.165, 1.54) is 0 Å². The Morgan fingerprint density at radius 3 is 2.93 bits per heavy atom. The van der Waals surface area contributed by atoms with Crippen LogP contribution in [0.5, 0.6) is 0 Å². The Labute approximate surface area is 157 Å². The number of likely N-dealkylation sites (tertiary alicyclic amines) is 1. The molecule has 9 nitrogen and oxygen atoms in total. The lowest BCUT2D eigenvalue weighted by atomic mass is 9.97. The van der Waals surface area contributed by atoms with Crippen LogP contribution in [0.25, 0.3) is 0 Å². The Bertz CT molecular complexity index is 910. The first-order valence-corrected chi connectivity index (χ1v) is 9.32. The molecule has 0 aromatic carbocycles. The summed E-state index contributed by atoms with van der Waals surface area (Å²) in [6, 6.07) is 1.79. The van der Waals surface area contributed by atoms with Crippen molar-refractivity contribution in [3.63, 3.8) is 0 Å². The van der Waals surface area contributed by atoms with E-state index in [-0.39, 0.29) is 11.8 Å². The Hall–Kier alpha value is -2.97. The van der Waals surface area contributed by atoms with Crippen LogP contribution in [0.4, 0.5) is 0 Å². The molecule has 27 heavy (non-hydrogen) atoms. The van der Waals surface area contributed by atoms with Crippen LogP contribution >= 0.6 is 0 Å². The molecule has 1 saturated heterocycles. The number of hydrogen-bond donors (Lipinski definition) is 0. The predicted molar refractivity (Wildman–Crippen MR) is 98.1 cm³/mol. The molecule has 4 heterocycles. The van der Waals surface area contributed by atoms with Crippen LogP contribution < -0.4 is 0 Å². The van der Waals surface area contributed by atoms with Gasteiger partial charge >= 0.3 is 0 Å². The highest BCUT2D eigenvalue weighted by Crippen LogP contribution is 2.26. The molecule has 3 aromatic heterocycles. The molecule has 1 fully saturated rings. The highest BCUT2D eigenvalue weighted by atomic mass is 16.2. The van der Waals surface area contributed by atoms with E-state index in [1.54, 1.807) is 23.3 Å². The SMILES string of the molecule is CCn1ccc(C(=O)N2CCC[C@@H](c3nnc(Cn4ccnc4)n3C)C2)n1. The number of amides is 1. The van der Waals surface area contributed by atoms with Crippen LogP contribution in [0.3, 0.4) is 0 Å². The maximum absolute atomic E-state index is 12.8. The first-order valence-electron chi connectivity index (χ1n) is 9.32. The third-order valence-corrected chi connectivity index (χ3v) is 5.14. The van der Waals surface area contributed by atoms with Crippen molar-refractivity contribution in [2.24, 2.45) is 7.05 Å². The van der Waals surface area contributed by atoms with E-state index in [1.807, 2.05) is 40.4 Å². The summed E-state index contributed by atoms with van der Waals surface area (Å²) in [6.45, 7) is 4.80. The minimum atomic E-state index is -0.00675. The van der Waals surface area contributed by atoms with Gasteiger partial charge in [0.1, 0.15) is 11.5 Å². The number of piperidine rings is 1. The molecule has 0 saturated carbocycles. The topological polar surface area (TPSA) is 86.7 Å². The van der Waals surface area contributed by atoms with E-state index in [2.05, 4.69) is 20.3 Å². The van der Waals surface area contributed by atoms with Crippen molar-refractivity contribution in [1.82, 2.24) is 39.0 Å². The van der Waals surface area contributed by atoms with E-state index in [9.17, 15) is 4.79 Å².